The molecule has 0 aromatic heterocycles. The Labute approximate surface area is 168 Å². The normalized spacial score (nSPS) is 12.3. The molecule has 0 saturated carbocycles. The van der Waals surface area contributed by atoms with Gasteiger partial charge in [-0.15, -0.1) is 6.58 Å². The zero-order chi connectivity index (χ0) is 21.3. The SMILES string of the molecule is C=C[C@H](CCCOCc1ccccc1)N(C(=O)C(F)(F)F)c1ccc(OC)cc1. The quantitative estimate of drug-likeness (QED) is 0.404. The molecule has 0 unspecified atom stereocenters. The first kappa shape index (κ1) is 22.5. The first-order valence-electron chi connectivity index (χ1n) is 9.15. The molecule has 0 saturated heterocycles. The second-order valence-electron chi connectivity index (χ2n) is 6.35. The highest BCUT2D eigenvalue weighted by Crippen LogP contribution is 2.29. The van der Waals surface area contributed by atoms with Gasteiger partial charge in [-0.05, 0) is 42.7 Å². The highest BCUT2D eigenvalue weighted by molar-refractivity contribution is 5.98. The number of nitrogens with zero attached hydrogens (tertiary/aromatic N) is 1. The molecule has 1 atom stereocenters. The summed E-state index contributed by atoms with van der Waals surface area (Å²) < 4.78 is 50.2. The van der Waals surface area contributed by atoms with Crippen LogP contribution in [0.15, 0.2) is 67.3 Å². The van der Waals surface area contributed by atoms with Crippen LogP contribution in [-0.4, -0.2) is 31.8 Å². The van der Waals surface area contributed by atoms with E-state index in [1.807, 2.05) is 30.3 Å². The van der Waals surface area contributed by atoms with Crippen molar-refractivity contribution in [3.63, 3.8) is 0 Å². The lowest BCUT2D eigenvalue weighted by molar-refractivity contribution is -0.170. The van der Waals surface area contributed by atoms with Gasteiger partial charge < -0.3 is 9.47 Å². The summed E-state index contributed by atoms with van der Waals surface area (Å²) in [4.78, 5) is 12.8. The van der Waals surface area contributed by atoms with Crippen molar-refractivity contribution in [3.05, 3.63) is 72.8 Å². The number of anilines is 1. The predicted molar refractivity (Wildman–Crippen MR) is 106 cm³/mol. The van der Waals surface area contributed by atoms with E-state index in [1.54, 1.807) is 0 Å². The molecule has 1 amide bonds. The zero-order valence-electron chi connectivity index (χ0n) is 16.2. The standard InChI is InChI=1S/C22H24F3NO3/c1-3-18(10-7-15-29-16-17-8-5-4-6-9-17)26(21(27)22(23,24)25)19-11-13-20(28-2)14-12-19/h3-6,8-9,11-14,18H,1,7,10,15-16H2,2H3/t18-/m1/s1. The van der Waals surface area contributed by atoms with Crippen LogP contribution in [0.4, 0.5) is 18.9 Å². The maximum absolute atomic E-state index is 13.2. The number of benzene rings is 2. The second kappa shape index (κ2) is 10.7. The molecule has 0 spiro atoms. The third kappa shape index (κ3) is 6.64. The van der Waals surface area contributed by atoms with Gasteiger partial charge in [0.1, 0.15) is 5.75 Å². The van der Waals surface area contributed by atoms with Crippen molar-refractivity contribution in [1.29, 1.82) is 0 Å². The lowest BCUT2D eigenvalue weighted by Gasteiger charge is -2.30. The van der Waals surface area contributed by atoms with Crippen molar-refractivity contribution in [2.45, 2.75) is 31.7 Å². The Balaban J connectivity index is 2.04. The van der Waals surface area contributed by atoms with Crippen LogP contribution >= 0.6 is 0 Å². The van der Waals surface area contributed by atoms with Crippen LogP contribution in [0, 0.1) is 0 Å². The smallest absolute Gasteiger partial charge is 0.471 e. The molecular weight excluding hydrogens is 383 g/mol. The summed E-state index contributed by atoms with van der Waals surface area (Å²) in [6.45, 7) is 4.40. The van der Waals surface area contributed by atoms with E-state index >= 15 is 0 Å². The van der Waals surface area contributed by atoms with Gasteiger partial charge in [0.15, 0.2) is 0 Å². The summed E-state index contributed by atoms with van der Waals surface area (Å²) >= 11 is 0. The lowest BCUT2D eigenvalue weighted by Crippen LogP contribution is -2.46. The average Bonchev–Trinajstić information content (AvgIpc) is 2.72. The number of hydrogen-bond acceptors (Lipinski definition) is 3. The molecule has 0 bridgehead atoms. The van der Waals surface area contributed by atoms with E-state index in [0.717, 1.165) is 10.5 Å². The Hall–Kier alpha value is -2.80. The van der Waals surface area contributed by atoms with Crippen molar-refractivity contribution in [2.75, 3.05) is 18.6 Å². The van der Waals surface area contributed by atoms with Gasteiger partial charge in [0.25, 0.3) is 0 Å². The van der Waals surface area contributed by atoms with Crippen LogP contribution in [-0.2, 0) is 16.1 Å². The number of ether oxygens (including phenoxy) is 2. The van der Waals surface area contributed by atoms with E-state index in [2.05, 4.69) is 6.58 Å². The second-order valence-corrected chi connectivity index (χ2v) is 6.35. The van der Waals surface area contributed by atoms with Gasteiger partial charge in [-0.2, -0.15) is 13.2 Å². The molecule has 4 nitrogen and oxygen atoms in total. The summed E-state index contributed by atoms with van der Waals surface area (Å²) in [5.74, 6) is -1.45. The van der Waals surface area contributed by atoms with Crippen molar-refractivity contribution >= 4 is 11.6 Å². The van der Waals surface area contributed by atoms with Crippen LogP contribution in [0.5, 0.6) is 5.75 Å². The summed E-state index contributed by atoms with van der Waals surface area (Å²) in [5.41, 5.74) is 1.14. The van der Waals surface area contributed by atoms with Crippen LogP contribution in [0.2, 0.25) is 0 Å². The maximum Gasteiger partial charge on any atom is 0.471 e. The van der Waals surface area contributed by atoms with Gasteiger partial charge in [-0.25, -0.2) is 0 Å². The fourth-order valence-corrected chi connectivity index (χ4v) is 2.85. The monoisotopic (exact) mass is 407 g/mol. The zero-order valence-corrected chi connectivity index (χ0v) is 16.2. The van der Waals surface area contributed by atoms with Gasteiger partial charge in [0.05, 0.1) is 19.8 Å². The number of alkyl halides is 3. The molecule has 0 aliphatic rings. The van der Waals surface area contributed by atoms with Crippen molar-refractivity contribution in [2.24, 2.45) is 0 Å². The number of hydrogen-bond donors (Lipinski definition) is 0. The molecular formula is C22H24F3NO3. The summed E-state index contributed by atoms with van der Waals surface area (Å²) in [6.07, 6.45) is -2.89. The molecule has 0 N–H and O–H groups in total. The number of carbonyl (C=O) groups excluding carboxylic acids is 1. The largest absolute Gasteiger partial charge is 0.497 e. The fraction of sp³-hybridized carbons (Fsp3) is 0.318. The third-order valence-corrected chi connectivity index (χ3v) is 4.32. The van der Waals surface area contributed by atoms with Gasteiger partial charge in [-0.3, -0.25) is 9.69 Å². The Bertz CT molecular complexity index is 776. The molecule has 0 aliphatic heterocycles. The third-order valence-electron chi connectivity index (χ3n) is 4.32. The maximum atomic E-state index is 13.2. The molecule has 2 aromatic rings. The molecule has 0 heterocycles. The molecule has 0 aliphatic carbocycles. The van der Waals surface area contributed by atoms with E-state index in [9.17, 15) is 18.0 Å². The minimum absolute atomic E-state index is 0.128. The van der Waals surface area contributed by atoms with E-state index in [-0.39, 0.29) is 12.1 Å². The summed E-state index contributed by atoms with van der Waals surface area (Å²) in [7, 11) is 1.45. The highest BCUT2D eigenvalue weighted by atomic mass is 19.4. The summed E-state index contributed by atoms with van der Waals surface area (Å²) in [6, 6.07) is 14.6. The van der Waals surface area contributed by atoms with Crippen molar-refractivity contribution in [1.82, 2.24) is 0 Å². The molecule has 2 rings (SSSR count). The number of rotatable bonds is 10. The number of amides is 1. The molecule has 2 aromatic carbocycles. The Morgan fingerprint density at radius 2 is 1.79 bits per heavy atom. The number of halogens is 3. The molecule has 0 radical (unpaired) electrons. The van der Waals surface area contributed by atoms with Gasteiger partial charge in [0, 0.05) is 12.3 Å². The Kier molecular flexibility index (Phi) is 8.27. The minimum atomic E-state index is -5.00. The number of methoxy groups -OCH3 is 1. The minimum Gasteiger partial charge on any atom is -0.497 e. The molecule has 0 fully saturated rings. The molecule has 7 heteroatoms. The average molecular weight is 407 g/mol. The van der Waals surface area contributed by atoms with Gasteiger partial charge >= 0.3 is 12.1 Å². The van der Waals surface area contributed by atoms with Crippen LogP contribution in [0.25, 0.3) is 0 Å². The van der Waals surface area contributed by atoms with Crippen LogP contribution in [0.1, 0.15) is 18.4 Å². The molecule has 29 heavy (non-hydrogen) atoms. The van der Waals surface area contributed by atoms with Crippen LogP contribution in [0.3, 0.4) is 0 Å². The topological polar surface area (TPSA) is 38.8 Å². The highest BCUT2D eigenvalue weighted by Gasteiger charge is 2.44. The summed E-state index contributed by atoms with van der Waals surface area (Å²) in [5, 5.41) is 0. The van der Waals surface area contributed by atoms with Gasteiger partial charge in [0.2, 0.25) is 0 Å². The predicted octanol–water partition coefficient (Wildman–Crippen LogP) is 5.14. The van der Waals surface area contributed by atoms with Crippen molar-refractivity contribution < 1.29 is 27.4 Å². The van der Waals surface area contributed by atoms with E-state index in [1.165, 1.54) is 37.5 Å². The van der Waals surface area contributed by atoms with Crippen molar-refractivity contribution in [3.8, 4) is 5.75 Å². The first-order valence-corrected chi connectivity index (χ1v) is 9.15. The van der Waals surface area contributed by atoms with Crippen LogP contribution < -0.4 is 9.64 Å². The van der Waals surface area contributed by atoms with E-state index < -0.39 is 18.1 Å². The molecule has 156 valence electrons. The first-order chi connectivity index (χ1) is 13.9. The number of carbonyl (C=O) groups is 1. The Morgan fingerprint density at radius 3 is 2.34 bits per heavy atom. The Morgan fingerprint density at radius 1 is 1.14 bits per heavy atom. The lowest BCUT2D eigenvalue weighted by atomic mass is 10.1. The van der Waals surface area contributed by atoms with E-state index in [4.69, 9.17) is 9.47 Å². The van der Waals surface area contributed by atoms with Gasteiger partial charge in [-0.1, -0.05) is 36.4 Å². The fourth-order valence-electron chi connectivity index (χ4n) is 2.85. The van der Waals surface area contributed by atoms with E-state index in [0.29, 0.717) is 25.4 Å².